The highest BCUT2D eigenvalue weighted by Crippen LogP contribution is 2.30. The second-order valence-corrected chi connectivity index (χ2v) is 13.9. The summed E-state index contributed by atoms with van der Waals surface area (Å²) in [7, 11) is -3.52. The number of anilines is 1. The fraction of sp³-hybridized carbons (Fsp3) is 0.556. The van der Waals surface area contributed by atoms with E-state index in [1.54, 1.807) is 23.9 Å². The van der Waals surface area contributed by atoms with Crippen LogP contribution < -0.4 is 10.2 Å². The molecule has 1 amide bonds. The van der Waals surface area contributed by atoms with Gasteiger partial charge < -0.3 is 10.2 Å². The van der Waals surface area contributed by atoms with Crippen molar-refractivity contribution in [3.8, 4) is 0 Å². The summed E-state index contributed by atoms with van der Waals surface area (Å²) in [5.41, 5.74) is 1.19. The summed E-state index contributed by atoms with van der Waals surface area (Å²) in [5, 5.41) is 9.54. The molecule has 12 heteroatoms. The molecule has 210 valence electrons. The Morgan fingerprint density at radius 3 is 2.31 bits per heavy atom. The lowest BCUT2D eigenvalue weighted by Gasteiger charge is -2.28. The molecule has 0 atom stereocenters. The minimum atomic E-state index is -3.52. The Labute approximate surface area is 234 Å². The van der Waals surface area contributed by atoms with E-state index < -0.39 is 10.0 Å². The van der Waals surface area contributed by atoms with Crippen LogP contribution >= 0.6 is 11.8 Å². The van der Waals surface area contributed by atoms with Crippen molar-refractivity contribution in [1.82, 2.24) is 29.4 Å². The van der Waals surface area contributed by atoms with Gasteiger partial charge in [-0.1, -0.05) is 32.0 Å². The number of piperidine rings is 2. The normalized spacial score (nSPS) is 17.2. The van der Waals surface area contributed by atoms with E-state index in [0.29, 0.717) is 37.0 Å². The Hall–Kier alpha value is -2.70. The number of nitrogens with zero attached hydrogens (tertiary/aromatic N) is 6. The zero-order valence-corrected chi connectivity index (χ0v) is 24.3. The van der Waals surface area contributed by atoms with Crippen molar-refractivity contribution < 1.29 is 13.2 Å². The molecule has 0 bridgehead atoms. The SMILES string of the molecule is CC(C)Sc1nc(N2CCCCC2)c2cnn(CCNC(=O)c3ccc(S(=O)(=O)N4CCCCC4)cc3)c2n1. The summed E-state index contributed by atoms with van der Waals surface area (Å²) < 4.78 is 29.1. The molecule has 5 rings (SSSR count). The molecule has 0 radical (unpaired) electrons. The van der Waals surface area contributed by atoms with Gasteiger partial charge in [-0.3, -0.25) is 4.79 Å². The molecule has 39 heavy (non-hydrogen) atoms. The first-order chi connectivity index (χ1) is 18.8. The van der Waals surface area contributed by atoms with Crippen LogP contribution in [0.5, 0.6) is 0 Å². The summed E-state index contributed by atoms with van der Waals surface area (Å²) in [6.07, 6.45) is 8.21. The predicted octanol–water partition coefficient (Wildman–Crippen LogP) is 3.92. The fourth-order valence-corrected chi connectivity index (χ4v) is 7.32. The van der Waals surface area contributed by atoms with Crippen LogP contribution in [-0.4, -0.2) is 76.4 Å². The highest BCUT2D eigenvalue weighted by atomic mass is 32.2. The van der Waals surface area contributed by atoms with Crippen LogP contribution in [0.25, 0.3) is 11.0 Å². The molecule has 1 aromatic carbocycles. The van der Waals surface area contributed by atoms with E-state index in [0.717, 1.165) is 67.2 Å². The first-order valence-corrected chi connectivity index (χ1v) is 16.2. The number of sulfonamides is 1. The zero-order chi connectivity index (χ0) is 27.4. The van der Waals surface area contributed by atoms with Gasteiger partial charge in [-0.2, -0.15) is 9.40 Å². The van der Waals surface area contributed by atoms with Gasteiger partial charge in [0.1, 0.15) is 5.82 Å². The van der Waals surface area contributed by atoms with E-state index in [4.69, 9.17) is 9.97 Å². The predicted molar refractivity (Wildman–Crippen MR) is 154 cm³/mol. The summed E-state index contributed by atoms with van der Waals surface area (Å²) >= 11 is 1.64. The van der Waals surface area contributed by atoms with E-state index in [1.807, 2.05) is 10.9 Å². The van der Waals surface area contributed by atoms with Gasteiger partial charge in [0.25, 0.3) is 5.91 Å². The number of fused-ring (bicyclic) bond motifs is 1. The van der Waals surface area contributed by atoms with Crippen molar-refractivity contribution in [2.45, 2.75) is 74.2 Å². The molecule has 0 spiro atoms. The van der Waals surface area contributed by atoms with Crippen molar-refractivity contribution in [2.75, 3.05) is 37.6 Å². The average Bonchev–Trinajstić information content (AvgIpc) is 3.36. The van der Waals surface area contributed by atoms with Crippen LogP contribution in [0.15, 0.2) is 40.5 Å². The van der Waals surface area contributed by atoms with Gasteiger partial charge in [0.05, 0.1) is 23.0 Å². The van der Waals surface area contributed by atoms with E-state index in [-0.39, 0.29) is 10.8 Å². The highest BCUT2D eigenvalue weighted by molar-refractivity contribution is 7.99. The molecule has 3 aromatic rings. The molecule has 1 N–H and O–H groups in total. The largest absolute Gasteiger partial charge is 0.356 e. The average molecular weight is 572 g/mol. The number of carbonyl (C=O) groups excluding carboxylic acids is 1. The van der Waals surface area contributed by atoms with Gasteiger partial charge >= 0.3 is 0 Å². The number of amides is 1. The lowest BCUT2D eigenvalue weighted by atomic mass is 10.1. The second kappa shape index (κ2) is 12.2. The van der Waals surface area contributed by atoms with Gasteiger partial charge in [-0.15, -0.1) is 0 Å². The third-order valence-electron chi connectivity index (χ3n) is 7.13. The number of benzene rings is 1. The minimum Gasteiger partial charge on any atom is -0.356 e. The molecular formula is C27H37N7O3S2. The Morgan fingerprint density at radius 2 is 1.64 bits per heavy atom. The van der Waals surface area contributed by atoms with Crippen molar-refractivity contribution >= 4 is 44.5 Å². The Balaban J connectivity index is 1.26. The van der Waals surface area contributed by atoms with Crippen LogP contribution in [0, 0.1) is 0 Å². The van der Waals surface area contributed by atoms with E-state index in [2.05, 4.69) is 29.2 Å². The molecule has 0 saturated carbocycles. The Kier molecular flexibility index (Phi) is 8.73. The standard InChI is InChI=1S/C27H37N7O3S2/c1-20(2)38-27-30-24(32-14-5-3-6-15-32)23-19-29-34(25(23)31-27)18-13-28-26(35)21-9-11-22(12-10-21)39(36,37)33-16-7-4-8-17-33/h9-12,19-20H,3-8,13-18H2,1-2H3,(H,28,35). The first kappa shape index (κ1) is 27.9. The molecule has 2 aromatic heterocycles. The number of hydrogen-bond donors (Lipinski definition) is 1. The molecule has 4 heterocycles. The monoisotopic (exact) mass is 571 g/mol. The Bertz CT molecular complexity index is 1390. The third kappa shape index (κ3) is 6.38. The van der Waals surface area contributed by atoms with Crippen molar-refractivity contribution in [2.24, 2.45) is 0 Å². The van der Waals surface area contributed by atoms with E-state index in [9.17, 15) is 13.2 Å². The minimum absolute atomic E-state index is 0.225. The fourth-order valence-electron chi connectivity index (χ4n) is 5.10. The summed E-state index contributed by atoms with van der Waals surface area (Å²) in [6.45, 7) is 8.14. The van der Waals surface area contributed by atoms with Crippen LogP contribution in [0.4, 0.5) is 5.82 Å². The number of hydrogen-bond acceptors (Lipinski definition) is 8. The maximum Gasteiger partial charge on any atom is 0.251 e. The van der Waals surface area contributed by atoms with Crippen molar-refractivity contribution in [1.29, 1.82) is 0 Å². The van der Waals surface area contributed by atoms with Gasteiger partial charge in [-0.05, 0) is 56.4 Å². The molecule has 0 aliphatic carbocycles. The summed E-state index contributed by atoms with van der Waals surface area (Å²) in [4.78, 5) is 25.1. The number of carbonyl (C=O) groups is 1. The maximum atomic E-state index is 12.9. The number of rotatable bonds is 9. The van der Waals surface area contributed by atoms with Crippen LogP contribution in [0.2, 0.25) is 0 Å². The third-order valence-corrected chi connectivity index (χ3v) is 9.91. The van der Waals surface area contributed by atoms with Gasteiger partial charge in [0.15, 0.2) is 10.8 Å². The molecule has 0 unspecified atom stereocenters. The van der Waals surface area contributed by atoms with E-state index >= 15 is 0 Å². The highest BCUT2D eigenvalue weighted by Gasteiger charge is 2.26. The van der Waals surface area contributed by atoms with Crippen LogP contribution in [0.3, 0.4) is 0 Å². The maximum absolute atomic E-state index is 12.9. The zero-order valence-electron chi connectivity index (χ0n) is 22.7. The van der Waals surface area contributed by atoms with Crippen molar-refractivity contribution in [3.63, 3.8) is 0 Å². The lowest BCUT2D eigenvalue weighted by Crippen LogP contribution is -2.35. The molecule has 2 aliphatic heterocycles. The Morgan fingerprint density at radius 1 is 0.974 bits per heavy atom. The smallest absolute Gasteiger partial charge is 0.251 e. The van der Waals surface area contributed by atoms with Gasteiger partial charge in [0.2, 0.25) is 10.0 Å². The molecule has 10 nitrogen and oxygen atoms in total. The van der Waals surface area contributed by atoms with E-state index in [1.165, 1.54) is 22.9 Å². The van der Waals surface area contributed by atoms with Gasteiger partial charge in [-0.25, -0.2) is 23.1 Å². The van der Waals surface area contributed by atoms with Crippen LogP contribution in [-0.2, 0) is 16.6 Å². The summed E-state index contributed by atoms with van der Waals surface area (Å²) in [5.74, 6) is 0.686. The lowest BCUT2D eigenvalue weighted by molar-refractivity contribution is 0.0952. The molecule has 2 aliphatic rings. The molecular weight excluding hydrogens is 534 g/mol. The van der Waals surface area contributed by atoms with Gasteiger partial charge in [0, 0.05) is 43.5 Å². The number of aromatic nitrogens is 4. The van der Waals surface area contributed by atoms with Crippen molar-refractivity contribution in [3.05, 3.63) is 36.0 Å². The number of thioether (sulfide) groups is 1. The topological polar surface area (TPSA) is 113 Å². The molecule has 2 saturated heterocycles. The quantitative estimate of drug-likeness (QED) is 0.304. The first-order valence-electron chi connectivity index (χ1n) is 13.9. The summed E-state index contributed by atoms with van der Waals surface area (Å²) in [6, 6.07) is 6.19. The number of nitrogens with one attached hydrogen (secondary N) is 1. The van der Waals surface area contributed by atoms with Crippen LogP contribution in [0.1, 0.15) is 62.7 Å². The second-order valence-electron chi connectivity index (χ2n) is 10.4. The molecule has 2 fully saturated rings.